The molecule has 1 saturated heterocycles. The largest absolute Gasteiger partial charge is 0.352 e. The summed E-state index contributed by atoms with van der Waals surface area (Å²) in [6.07, 6.45) is 12.8. The minimum absolute atomic E-state index is 0.0704. The number of rotatable bonds is 3. The summed E-state index contributed by atoms with van der Waals surface area (Å²) < 4.78 is 2.30. The lowest BCUT2D eigenvalue weighted by molar-refractivity contribution is 0.197. The molecule has 1 saturated carbocycles. The molecule has 2 aromatic rings. The van der Waals surface area contributed by atoms with Crippen molar-refractivity contribution in [2.24, 2.45) is 0 Å². The van der Waals surface area contributed by atoms with Crippen molar-refractivity contribution in [1.82, 2.24) is 19.8 Å². The van der Waals surface area contributed by atoms with E-state index in [2.05, 4.69) is 71.1 Å². The second-order valence-electron chi connectivity index (χ2n) is 8.85. The average molecular weight is 383 g/mol. The van der Waals surface area contributed by atoms with Crippen LogP contribution >= 0.6 is 12.2 Å². The van der Waals surface area contributed by atoms with Crippen molar-refractivity contribution in [2.75, 3.05) is 0 Å². The first-order chi connectivity index (χ1) is 12.9. The number of nitrogens with one attached hydrogen (secondary N) is 1. The monoisotopic (exact) mass is 382 g/mol. The van der Waals surface area contributed by atoms with Gasteiger partial charge in [0.2, 0.25) is 0 Å². The highest BCUT2D eigenvalue weighted by molar-refractivity contribution is 7.80. The molecule has 3 heterocycles. The van der Waals surface area contributed by atoms with Gasteiger partial charge in [0.15, 0.2) is 5.11 Å². The van der Waals surface area contributed by atoms with Crippen LogP contribution in [-0.4, -0.2) is 25.6 Å². The third-order valence-electron chi connectivity index (χ3n) is 5.94. The Hall–Kier alpha value is -1.88. The van der Waals surface area contributed by atoms with Gasteiger partial charge < -0.3 is 14.8 Å². The highest BCUT2D eigenvalue weighted by Gasteiger charge is 2.43. The van der Waals surface area contributed by atoms with Crippen molar-refractivity contribution in [3.05, 3.63) is 54.1 Å². The van der Waals surface area contributed by atoms with Gasteiger partial charge in [0, 0.05) is 30.2 Å². The topological polar surface area (TPSA) is 33.1 Å². The number of pyridine rings is 1. The molecule has 4 rings (SSSR count). The summed E-state index contributed by atoms with van der Waals surface area (Å²) in [6.45, 7) is 6.72. The SMILES string of the molecule is CC(C)(C)n1ccc([C@@H]2[C@H](c3ccccn3)NC(=S)N2C2CCCCC2)c1. The highest BCUT2D eigenvalue weighted by atomic mass is 32.1. The van der Waals surface area contributed by atoms with Crippen LogP contribution in [0.4, 0.5) is 0 Å². The molecule has 0 bridgehead atoms. The van der Waals surface area contributed by atoms with Crippen LogP contribution in [0.25, 0.3) is 0 Å². The molecule has 2 fully saturated rings. The Labute approximate surface area is 168 Å². The first-order valence-corrected chi connectivity index (χ1v) is 10.5. The lowest BCUT2D eigenvalue weighted by Crippen LogP contribution is -2.40. The molecule has 5 heteroatoms. The first kappa shape index (κ1) is 18.5. The lowest BCUT2D eigenvalue weighted by Gasteiger charge is -2.37. The van der Waals surface area contributed by atoms with E-state index >= 15 is 0 Å². The molecule has 2 aliphatic rings. The Balaban J connectivity index is 1.74. The van der Waals surface area contributed by atoms with E-state index in [1.807, 2.05) is 12.3 Å². The zero-order valence-corrected chi connectivity index (χ0v) is 17.4. The van der Waals surface area contributed by atoms with Crippen molar-refractivity contribution < 1.29 is 0 Å². The maximum Gasteiger partial charge on any atom is 0.170 e. The molecule has 144 valence electrons. The van der Waals surface area contributed by atoms with Crippen molar-refractivity contribution in [1.29, 1.82) is 0 Å². The molecular weight excluding hydrogens is 352 g/mol. The molecule has 1 aliphatic carbocycles. The van der Waals surface area contributed by atoms with Crippen molar-refractivity contribution in [2.45, 2.75) is 76.5 Å². The maximum atomic E-state index is 5.84. The summed E-state index contributed by atoms with van der Waals surface area (Å²) in [5, 5.41) is 4.48. The molecular formula is C22H30N4S. The molecule has 4 nitrogen and oxygen atoms in total. The molecule has 2 aromatic heterocycles. The van der Waals surface area contributed by atoms with Crippen LogP contribution in [0.1, 0.15) is 76.2 Å². The van der Waals surface area contributed by atoms with Gasteiger partial charge in [0.05, 0.1) is 17.8 Å². The third kappa shape index (κ3) is 3.62. The molecule has 0 radical (unpaired) electrons. The quantitative estimate of drug-likeness (QED) is 0.762. The summed E-state index contributed by atoms with van der Waals surface area (Å²) >= 11 is 5.84. The Kier molecular flexibility index (Phi) is 4.97. The number of aromatic nitrogens is 2. The number of nitrogens with zero attached hydrogens (tertiary/aromatic N) is 3. The van der Waals surface area contributed by atoms with E-state index in [1.165, 1.54) is 37.7 Å². The summed E-state index contributed by atoms with van der Waals surface area (Å²) in [4.78, 5) is 7.13. The van der Waals surface area contributed by atoms with Crippen LogP contribution in [-0.2, 0) is 5.54 Å². The third-order valence-corrected chi connectivity index (χ3v) is 6.26. The second kappa shape index (κ2) is 7.27. The maximum absolute atomic E-state index is 5.84. The summed E-state index contributed by atoms with van der Waals surface area (Å²) in [5.74, 6) is 0. The van der Waals surface area contributed by atoms with Crippen molar-refractivity contribution in [3.8, 4) is 0 Å². The van der Waals surface area contributed by atoms with E-state index < -0.39 is 0 Å². The van der Waals surface area contributed by atoms with Gasteiger partial charge in [-0.3, -0.25) is 4.98 Å². The predicted octanol–water partition coefficient (Wildman–Crippen LogP) is 4.94. The van der Waals surface area contributed by atoms with Crippen LogP contribution < -0.4 is 5.32 Å². The van der Waals surface area contributed by atoms with Crippen molar-refractivity contribution >= 4 is 17.3 Å². The van der Waals surface area contributed by atoms with Crippen LogP contribution in [0, 0.1) is 0 Å². The summed E-state index contributed by atoms with van der Waals surface area (Å²) in [6, 6.07) is 9.22. The molecule has 1 N–H and O–H groups in total. The Morgan fingerprint density at radius 1 is 1.11 bits per heavy atom. The van der Waals surface area contributed by atoms with E-state index in [-0.39, 0.29) is 17.6 Å². The fourth-order valence-electron chi connectivity index (χ4n) is 4.48. The van der Waals surface area contributed by atoms with Crippen LogP contribution in [0.2, 0.25) is 0 Å². The van der Waals surface area contributed by atoms with Gasteiger partial charge in [-0.1, -0.05) is 25.3 Å². The highest BCUT2D eigenvalue weighted by Crippen LogP contribution is 2.42. The molecule has 0 unspecified atom stereocenters. The number of thiocarbonyl (C=S) groups is 1. The van der Waals surface area contributed by atoms with E-state index in [9.17, 15) is 0 Å². The molecule has 0 aromatic carbocycles. The molecule has 2 atom stereocenters. The molecule has 0 spiro atoms. The first-order valence-electron chi connectivity index (χ1n) is 10.1. The zero-order valence-electron chi connectivity index (χ0n) is 16.6. The second-order valence-corrected chi connectivity index (χ2v) is 9.24. The van der Waals surface area contributed by atoms with E-state index in [0.29, 0.717) is 6.04 Å². The molecule has 27 heavy (non-hydrogen) atoms. The standard InChI is InChI=1S/C22H30N4S/c1-22(2,3)25-14-12-16(15-25)20-19(18-11-7-8-13-23-18)24-21(27)26(20)17-9-5-4-6-10-17/h7-8,11-15,17,19-20H,4-6,9-10H2,1-3H3,(H,24,27)/t19-,20+/m0/s1. The van der Waals surface area contributed by atoms with Crippen molar-refractivity contribution in [3.63, 3.8) is 0 Å². The van der Waals surface area contributed by atoms with Gasteiger partial charge in [-0.05, 0) is 69.6 Å². The van der Waals surface area contributed by atoms with Gasteiger partial charge in [0.25, 0.3) is 0 Å². The Morgan fingerprint density at radius 3 is 2.52 bits per heavy atom. The van der Waals surface area contributed by atoms with Gasteiger partial charge in [-0.2, -0.15) is 0 Å². The number of hydrogen-bond acceptors (Lipinski definition) is 2. The van der Waals surface area contributed by atoms with E-state index in [0.717, 1.165) is 10.8 Å². The molecule has 0 amide bonds. The normalized spacial score (nSPS) is 24.3. The summed E-state index contributed by atoms with van der Waals surface area (Å²) in [5.41, 5.74) is 2.45. The minimum atomic E-state index is 0.0704. The fourth-order valence-corrected chi connectivity index (χ4v) is 4.87. The molecule has 1 aliphatic heterocycles. The smallest absolute Gasteiger partial charge is 0.170 e. The van der Waals surface area contributed by atoms with Gasteiger partial charge in [-0.25, -0.2) is 0 Å². The van der Waals surface area contributed by atoms with Gasteiger partial charge in [-0.15, -0.1) is 0 Å². The van der Waals surface area contributed by atoms with Gasteiger partial charge in [0.1, 0.15) is 0 Å². The van der Waals surface area contributed by atoms with E-state index in [1.54, 1.807) is 0 Å². The minimum Gasteiger partial charge on any atom is -0.352 e. The zero-order chi connectivity index (χ0) is 19.0. The average Bonchev–Trinajstić information content (AvgIpc) is 3.27. The fraction of sp³-hybridized carbons (Fsp3) is 0.545. The van der Waals surface area contributed by atoms with Crippen LogP contribution in [0.5, 0.6) is 0 Å². The number of hydrogen-bond donors (Lipinski definition) is 1. The van der Waals surface area contributed by atoms with Crippen LogP contribution in [0.3, 0.4) is 0 Å². The Bertz CT molecular complexity index is 786. The predicted molar refractivity (Wildman–Crippen MR) is 114 cm³/mol. The van der Waals surface area contributed by atoms with Crippen LogP contribution in [0.15, 0.2) is 42.9 Å². The summed E-state index contributed by atoms with van der Waals surface area (Å²) in [7, 11) is 0. The Morgan fingerprint density at radius 2 is 1.89 bits per heavy atom. The van der Waals surface area contributed by atoms with Gasteiger partial charge >= 0.3 is 0 Å². The van der Waals surface area contributed by atoms with E-state index in [4.69, 9.17) is 12.2 Å². The lowest BCUT2D eigenvalue weighted by atomic mass is 9.91.